The van der Waals surface area contributed by atoms with Crippen molar-refractivity contribution in [1.29, 1.82) is 0 Å². The summed E-state index contributed by atoms with van der Waals surface area (Å²) < 4.78 is 5.13. The van der Waals surface area contributed by atoms with Crippen LogP contribution in [0, 0.1) is 0 Å². The smallest absolute Gasteiger partial charge is 0.265 e. The maximum Gasteiger partial charge on any atom is 0.265 e. The molecule has 28 heavy (non-hydrogen) atoms. The molecule has 0 spiro atoms. The van der Waals surface area contributed by atoms with Gasteiger partial charge in [-0.05, 0) is 53.9 Å². The van der Waals surface area contributed by atoms with Crippen LogP contribution in [-0.4, -0.2) is 24.7 Å². The van der Waals surface area contributed by atoms with Crippen molar-refractivity contribution in [2.75, 3.05) is 23.5 Å². The average molecular weight is 413 g/mol. The Morgan fingerprint density at radius 2 is 1.75 bits per heavy atom. The van der Waals surface area contributed by atoms with Crippen molar-refractivity contribution in [2.45, 2.75) is 11.3 Å². The summed E-state index contributed by atoms with van der Waals surface area (Å²) in [4.78, 5) is 26.1. The van der Waals surface area contributed by atoms with E-state index in [0.717, 1.165) is 10.6 Å². The fourth-order valence-electron chi connectivity index (χ4n) is 2.43. The monoisotopic (exact) mass is 412 g/mol. The molecule has 0 radical (unpaired) electrons. The molecule has 1 heterocycles. The first-order valence-corrected chi connectivity index (χ1v) is 10.5. The zero-order chi connectivity index (χ0) is 19.8. The number of rotatable bonds is 8. The van der Waals surface area contributed by atoms with Crippen LogP contribution in [0.25, 0.3) is 0 Å². The van der Waals surface area contributed by atoms with E-state index in [-0.39, 0.29) is 11.8 Å². The summed E-state index contributed by atoms with van der Waals surface area (Å²) in [5, 5.41) is 7.57. The minimum Gasteiger partial charge on any atom is -0.497 e. The normalized spacial score (nSPS) is 10.3. The Kier molecular flexibility index (Phi) is 7.11. The van der Waals surface area contributed by atoms with Gasteiger partial charge in [0, 0.05) is 28.4 Å². The maximum absolute atomic E-state index is 12.2. The second-order valence-electron chi connectivity index (χ2n) is 5.83. The first-order chi connectivity index (χ1) is 13.6. The van der Waals surface area contributed by atoms with Crippen LogP contribution in [0.4, 0.5) is 11.4 Å². The summed E-state index contributed by atoms with van der Waals surface area (Å²) in [5.74, 6) is 1.26. The Labute approximate surface area is 172 Å². The third-order valence-electron chi connectivity index (χ3n) is 3.81. The first-order valence-electron chi connectivity index (χ1n) is 8.65. The Hall–Kier alpha value is -2.77. The van der Waals surface area contributed by atoms with Crippen molar-refractivity contribution in [3.05, 3.63) is 70.9 Å². The molecule has 3 aromatic rings. The van der Waals surface area contributed by atoms with Gasteiger partial charge in [-0.25, -0.2) is 0 Å². The van der Waals surface area contributed by atoms with Crippen molar-refractivity contribution in [3.63, 3.8) is 0 Å². The summed E-state index contributed by atoms with van der Waals surface area (Å²) in [6.07, 6.45) is 0.391. The number of hydrogen-bond donors (Lipinski definition) is 2. The van der Waals surface area contributed by atoms with Crippen molar-refractivity contribution in [3.8, 4) is 5.75 Å². The molecule has 0 unspecified atom stereocenters. The van der Waals surface area contributed by atoms with Gasteiger partial charge in [-0.2, -0.15) is 0 Å². The number of thiophene rings is 1. The van der Waals surface area contributed by atoms with E-state index < -0.39 is 0 Å². The third kappa shape index (κ3) is 5.87. The van der Waals surface area contributed by atoms with Gasteiger partial charge < -0.3 is 15.4 Å². The second-order valence-corrected chi connectivity index (χ2v) is 7.95. The molecule has 0 atom stereocenters. The van der Waals surface area contributed by atoms with Gasteiger partial charge in [-0.15, -0.1) is 23.1 Å². The summed E-state index contributed by atoms with van der Waals surface area (Å²) in [6, 6.07) is 18.5. The highest BCUT2D eigenvalue weighted by molar-refractivity contribution is 7.99. The molecule has 2 N–H and O–H groups in total. The van der Waals surface area contributed by atoms with E-state index in [9.17, 15) is 9.59 Å². The van der Waals surface area contributed by atoms with Crippen LogP contribution in [-0.2, 0) is 4.79 Å². The van der Waals surface area contributed by atoms with Crippen LogP contribution < -0.4 is 15.4 Å². The Balaban J connectivity index is 1.47. The van der Waals surface area contributed by atoms with E-state index in [2.05, 4.69) is 10.6 Å². The molecule has 144 valence electrons. The molecule has 0 saturated carbocycles. The maximum atomic E-state index is 12.2. The molecule has 0 bridgehead atoms. The van der Waals surface area contributed by atoms with E-state index >= 15 is 0 Å². The number of carbonyl (C=O) groups is 2. The van der Waals surface area contributed by atoms with Gasteiger partial charge >= 0.3 is 0 Å². The molecule has 0 fully saturated rings. The second kappa shape index (κ2) is 9.96. The standard InChI is InChI=1S/C21H20N2O3S2/c1-26-17-7-9-18(10-8-17)27-13-11-20(24)22-15-4-2-5-16(14-15)23-21(25)19-6-3-12-28-19/h2-10,12,14H,11,13H2,1H3,(H,22,24)(H,23,25). The van der Waals surface area contributed by atoms with Gasteiger partial charge in [-0.3, -0.25) is 9.59 Å². The van der Waals surface area contributed by atoms with Gasteiger partial charge in [0.25, 0.3) is 5.91 Å². The molecule has 1 aromatic heterocycles. The molecule has 2 aromatic carbocycles. The number of amides is 2. The largest absolute Gasteiger partial charge is 0.497 e. The minimum absolute atomic E-state index is 0.0669. The number of anilines is 2. The highest BCUT2D eigenvalue weighted by atomic mass is 32.2. The van der Waals surface area contributed by atoms with Crippen LogP contribution in [0.3, 0.4) is 0 Å². The number of nitrogens with one attached hydrogen (secondary N) is 2. The number of benzene rings is 2. The molecular formula is C21H20N2O3S2. The molecule has 2 amide bonds. The van der Waals surface area contributed by atoms with Crippen molar-refractivity contribution >= 4 is 46.3 Å². The van der Waals surface area contributed by atoms with Gasteiger partial charge in [0.15, 0.2) is 0 Å². The van der Waals surface area contributed by atoms with Gasteiger partial charge in [0.05, 0.1) is 12.0 Å². The highest BCUT2D eigenvalue weighted by Crippen LogP contribution is 2.22. The Morgan fingerprint density at radius 1 is 1.00 bits per heavy atom. The molecule has 5 nitrogen and oxygen atoms in total. The van der Waals surface area contributed by atoms with Crippen LogP contribution >= 0.6 is 23.1 Å². The van der Waals surface area contributed by atoms with Crippen LogP contribution in [0.2, 0.25) is 0 Å². The summed E-state index contributed by atoms with van der Waals surface area (Å²) in [5.41, 5.74) is 1.30. The predicted molar refractivity (Wildman–Crippen MR) is 116 cm³/mol. The molecule has 0 aliphatic heterocycles. The zero-order valence-electron chi connectivity index (χ0n) is 15.3. The number of ether oxygens (including phenoxy) is 1. The van der Waals surface area contributed by atoms with E-state index in [1.807, 2.05) is 35.7 Å². The van der Waals surface area contributed by atoms with E-state index in [4.69, 9.17) is 4.74 Å². The Morgan fingerprint density at radius 3 is 2.43 bits per heavy atom. The SMILES string of the molecule is COc1ccc(SCCC(=O)Nc2cccc(NC(=O)c3cccs3)c2)cc1. The quantitative estimate of drug-likeness (QED) is 0.503. The summed E-state index contributed by atoms with van der Waals surface area (Å²) in [6.45, 7) is 0. The molecule has 0 aliphatic carbocycles. The number of hydrogen-bond acceptors (Lipinski definition) is 5. The van der Waals surface area contributed by atoms with Gasteiger partial charge in [0.2, 0.25) is 5.91 Å². The number of methoxy groups -OCH3 is 1. The highest BCUT2D eigenvalue weighted by Gasteiger charge is 2.08. The molecule has 7 heteroatoms. The lowest BCUT2D eigenvalue weighted by atomic mass is 10.2. The van der Waals surface area contributed by atoms with Crippen LogP contribution in [0.5, 0.6) is 5.75 Å². The van der Waals surface area contributed by atoms with E-state index in [1.54, 1.807) is 49.2 Å². The first kappa shape index (κ1) is 20.0. The summed E-state index contributed by atoms with van der Waals surface area (Å²) >= 11 is 3.00. The van der Waals surface area contributed by atoms with Gasteiger partial charge in [-0.1, -0.05) is 12.1 Å². The lowest BCUT2D eigenvalue weighted by Crippen LogP contribution is -2.13. The molecule has 0 aliphatic rings. The van der Waals surface area contributed by atoms with E-state index in [0.29, 0.717) is 28.4 Å². The fourth-order valence-corrected chi connectivity index (χ4v) is 3.90. The predicted octanol–water partition coefficient (Wildman–Crippen LogP) is 5.13. The third-order valence-corrected chi connectivity index (χ3v) is 5.69. The lowest BCUT2D eigenvalue weighted by Gasteiger charge is -2.08. The number of carbonyl (C=O) groups excluding carboxylic acids is 2. The Bertz CT molecular complexity index is 925. The molecule has 3 rings (SSSR count). The molecular weight excluding hydrogens is 392 g/mol. The van der Waals surface area contributed by atoms with Crippen LogP contribution in [0.1, 0.15) is 16.1 Å². The van der Waals surface area contributed by atoms with Crippen LogP contribution in [0.15, 0.2) is 70.9 Å². The topological polar surface area (TPSA) is 67.4 Å². The zero-order valence-corrected chi connectivity index (χ0v) is 16.9. The molecule has 0 saturated heterocycles. The minimum atomic E-state index is -0.158. The fraction of sp³-hybridized carbons (Fsp3) is 0.143. The van der Waals surface area contributed by atoms with Crippen molar-refractivity contribution in [2.24, 2.45) is 0 Å². The lowest BCUT2D eigenvalue weighted by molar-refractivity contribution is -0.115. The van der Waals surface area contributed by atoms with Crippen molar-refractivity contribution in [1.82, 2.24) is 0 Å². The average Bonchev–Trinajstić information content (AvgIpc) is 3.24. The van der Waals surface area contributed by atoms with Crippen molar-refractivity contribution < 1.29 is 14.3 Å². The van der Waals surface area contributed by atoms with E-state index in [1.165, 1.54) is 11.3 Å². The van der Waals surface area contributed by atoms with Gasteiger partial charge in [0.1, 0.15) is 5.75 Å². The number of thioether (sulfide) groups is 1. The summed E-state index contributed by atoms with van der Waals surface area (Å²) in [7, 11) is 1.63.